The zero-order valence-electron chi connectivity index (χ0n) is 18.5. The third-order valence-electron chi connectivity index (χ3n) is 6.27. The summed E-state index contributed by atoms with van der Waals surface area (Å²) in [4.78, 5) is 0.293. The van der Waals surface area contributed by atoms with Gasteiger partial charge >= 0.3 is 0 Å². The molecular formula is C24H28N4O3S2. The third kappa shape index (κ3) is 4.87. The predicted octanol–water partition coefficient (Wildman–Crippen LogP) is 4.37. The number of hydrogen-bond donors (Lipinski definition) is 0. The van der Waals surface area contributed by atoms with E-state index in [2.05, 4.69) is 26.9 Å². The Bertz CT molecular complexity index is 1190. The molecular weight excluding hydrogens is 456 g/mol. The zero-order valence-corrected chi connectivity index (χ0v) is 20.1. The molecule has 0 radical (unpaired) electrons. The minimum atomic E-state index is -3.57. The standard InChI is InChI=1S/C24H28N4O3S2/c29-33(30,27-13-15-31-16-14-27)22-12-6-9-20(17-22)23-25-26-24(28(23)21-10-4-5-11-21)32-18-19-7-2-1-3-8-19/h1-3,6-9,12,17,21H,4-5,10-11,13-16,18H2. The third-order valence-corrected chi connectivity index (χ3v) is 9.17. The smallest absolute Gasteiger partial charge is 0.243 e. The molecule has 0 spiro atoms. The van der Waals surface area contributed by atoms with Gasteiger partial charge in [0.15, 0.2) is 11.0 Å². The molecule has 3 aromatic rings. The molecule has 0 bridgehead atoms. The minimum absolute atomic E-state index is 0.293. The van der Waals surface area contributed by atoms with Crippen molar-refractivity contribution in [3.8, 4) is 11.4 Å². The molecule has 2 fully saturated rings. The molecule has 5 rings (SSSR count). The highest BCUT2D eigenvalue weighted by Gasteiger charge is 2.28. The lowest BCUT2D eigenvalue weighted by atomic mass is 10.2. The van der Waals surface area contributed by atoms with Crippen molar-refractivity contribution in [2.24, 2.45) is 0 Å². The van der Waals surface area contributed by atoms with Gasteiger partial charge in [0, 0.05) is 30.4 Å². The number of nitrogens with zero attached hydrogens (tertiary/aromatic N) is 4. The van der Waals surface area contributed by atoms with Gasteiger partial charge in [0.2, 0.25) is 10.0 Å². The van der Waals surface area contributed by atoms with Crippen LogP contribution in [0.25, 0.3) is 11.4 Å². The minimum Gasteiger partial charge on any atom is -0.379 e. The Balaban J connectivity index is 1.47. The molecule has 9 heteroatoms. The Morgan fingerprint density at radius 2 is 1.73 bits per heavy atom. The molecule has 2 aliphatic rings. The summed E-state index contributed by atoms with van der Waals surface area (Å²) in [5.41, 5.74) is 2.03. The van der Waals surface area contributed by atoms with E-state index in [-0.39, 0.29) is 0 Å². The molecule has 33 heavy (non-hydrogen) atoms. The van der Waals surface area contributed by atoms with E-state index < -0.39 is 10.0 Å². The first kappa shape index (κ1) is 22.6. The number of sulfonamides is 1. The van der Waals surface area contributed by atoms with Gasteiger partial charge in [-0.3, -0.25) is 4.57 Å². The monoisotopic (exact) mass is 484 g/mol. The molecule has 7 nitrogen and oxygen atoms in total. The normalized spacial score (nSPS) is 18.1. The van der Waals surface area contributed by atoms with Gasteiger partial charge < -0.3 is 4.74 Å². The van der Waals surface area contributed by atoms with Crippen LogP contribution in [0.2, 0.25) is 0 Å². The van der Waals surface area contributed by atoms with Crippen molar-refractivity contribution >= 4 is 21.8 Å². The zero-order chi connectivity index (χ0) is 22.7. The van der Waals surface area contributed by atoms with E-state index in [1.165, 1.54) is 22.7 Å². The topological polar surface area (TPSA) is 77.3 Å². The Morgan fingerprint density at radius 1 is 0.970 bits per heavy atom. The van der Waals surface area contributed by atoms with Crippen molar-refractivity contribution in [1.29, 1.82) is 0 Å². The fraction of sp³-hybridized carbons (Fsp3) is 0.417. The van der Waals surface area contributed by atoms with E-state index in [1.54, 1.807) is 30.0 Å². The van der Waals surface area contributed by atoms with E-state index in [0.717, 1.165) is 35.1 Å². The molecule has 2 aromatic carbocycles. The second-order valence-corrected chi connectivity index (χ2v) is 11.3. The van der Waals surface area contributed by atoms with Crippen LogP contribution in [0, 0.1) is 0 Å². The summed E-state index contributed by atoms with van der Waals surface area (Å²) in [6.45, 7) is 1.62. The largest absolute Gasteiger partial charge is 0.379 e. The first-order valence-corrected chi connectivity index (χ1v) is 13.9. The van der Waals surface area contributed by atoms with E-state index in [9.17, 15) is 8.42 Å². The number of benzene rings is 2. The van der Waals surface area contributed by atoms with Gasteiger partial charge in [-0.2, -0.15) is 4.31 Å². The van der Waals surface area contributed by atoms with Gasteiger partial charge in [-0.25, -0.2) is 8.42 Å². The van der Waals surface area contributed by atoms with Crippen LogP contribution < -0.4 is 0 Å². The van der Waals surface area contributed by atoms with Crippen molar-refractivity contribution in [2.45, 2.75) is 47.5 Å². The van der Waals surface area contributed by atoms with Crippen LogP contribution in [-0.4, -0.2) is 53.8 Å². The number of rotatable bonds is 7. The van der Waals surface area contributed by atoms with Crippen molar-refractivity contribution in [3.63, 3.8) is 0 Å². The molecule has 0 unspecified atom stereocenters. The van der Waals surface area contributed by atoms with Gasteiger partial charge in [0.25, 0.3) is 0 Å². The molecule has 1 saturated heterocycles. The summed E-state index contributed by atoms with van der Waals surface area (Å²) in [5, 5.41) is 9.97. The van der Waals surface area contributed by atoms with Crippen LogP contribution in [0.5, 0.6) is 0 Å². The number of ether oxygens (including phenoxy) is 1. The first-order valence-electron chi connectivity index (χ1n) is 11.4. The second-order valence-electron chi connectivity index (χ2n) is 8.43. The Labute approximate surface area is 199 Å². The summed E-state index contributed by atoms with van der Waals surface area (Å²) in [5.74, 6) is 1.56. The Hall–Kier alpha value is -2.20. The average Bonchev–Trinajstić information content (AvgIpc) is 3.54. The van der Waals surface area contributed by atoms with E-state index in [1.807, 2.05) is 24.3 Å². The van der Waals surface area contributed by atoms with Gasteiger partial charge in [0.05, 0.1) is 18.1 Å². The highest BCUT2D eigenvalue weighted by Crippen LogP contribution is 2.37. The lowest BCUT2D eigenvalue weighted by molar-refractivity contribution is 0.0730. The van der Waals surface area contributed by atoms with Crippen molar-refractivity contribution < 1.29 is 13.2 Å². The lowest BCUT2D eigenvalue weighted by Crippen LogP contribution is -2.40. The van der Waals surface area contributed by atoms with E-state index >= 15 is 0 Å². The van der Waals surface area contributed by atoms with Crippen LogP contribution in [-0.2, 0) is 20.5 Å². The van der Waals surface area contributed by atoms with Crippen LogP contribution >= 0.6 is 11.8 Å². The molecule has 1 aliphatic carbocycles. The number of thioether (sulfide) groups is 1. The summed E-state index contributed by atoms with van der Waals surface area (Å²) in [6.07, 6.45) is 4.57. The van der Waals surface area contributed by atoms with Crippen LogP contribution in [0.4, 0.5) is 0 Å². The van der Waals surface area contributed by atoms with E-state index in [0.29, 0.717) is 37.2 Å². The maximum Gasteiger partial charge on any atom is 0.243 e. The molecule has 1 aromatic heterocycles. The number of hydrogen-bond acceptors (Lipinski definition) is 6. The summed E-state index contributed by atoms with van der Waals surface area (Å²) >= 11 is 1.68. The SMILES string of the molecule is O=S(=O)(c1cccc(-c2nnc(SCc3ccccc3)n2C2CCCC2)c1)N1CCOCC1. The molecule has 174 valence electrons. The van der Waals surface area contributed by atoms with Crippen LogP contribution in [0.15, 0.2) is 64.6 Å². The van der Waals surface area contributed by atoms with Crippen molar-refractivity contribution in [1.82, 2.24) is 19.1 Å². The Morgan fingerprint density at radius 3 is 2.48 bits per heavy atom. The maximum atomic E-state index is 13.2. The average molecular weight is 485 g/mol. The predicted molar refractivity (Wildman–Crippen MR) is 129 cm³/mol. The molecule has 1 aliphatic heterocycles. The fourth-order valence-electron chi connectivity index (χ4n) is 4.52. The maximum absolute atomic E-state index is 13.2. The molecule has 1 saturated carbocycles. The van der Waals surface area contributed by atoms with Gasteiger partial charge in [-0.15, -0.1) is 10.2 Å². The lowest BCUT2D eigenvalue weighted by Gasteiger charge is -2.26. The van der Waals surface area contributed by atoms with Crippen LogP contribution in [0.1, 0.15) is 37.3 Å². The molecule has 0 N–H and O–H groups in total. The fourth-order valence-corrected chi connectivity index (χ4v) is 6.93. The molecule has 2 heterocycles. The summed E-state index contributed by atoms with van der Waals surface area (Å²) in [7, 11) is -3.57. The van der Waals surface area contributed by atoms with Gasteiger partial charge in [0.1, 0.15) is 0 Å². The summed E-state index contributed by atoms with van der Waals surface area (Å²) < 4.78 is 35.5. The quantitative estimate of drug-likeness (QED) is 0.464. The first-order chi connectivity index (χ1) is 16.1. The molecule has 0 amide bonds. The molecule has 0 atom stereocenters. The summed E-state index contributed by atoms with van der Waals surface area (Å²) in [6, 6.07) is 17.8. The highest BCUT2D eigenvalue weighted by atomic mass is 32.2. The van der Waals surface area contributed by atoms with Gasteiger partial charge in [-0.1, -0.05) is 67.1 Å². The van der Waals surface area contributed by atoms with Crippen molar-refractivity contribution in [2.75, 3.05) is 26.3 Å². The van der Waals surface area contributed by atoms with Gasteiger partial charge in [-0.05, 0) is 30.5 Å². The van der Waals surface area contributed by atoms with E-state index in [4.69, 9.17) is 4.74 Å². The van der Waals surface area contributed by atoms with Crippen LogP contribution in [0.3, 0.4) is 0 Å². The highest BCUT2D eigenvalue weighted by molar-refractivity contribution is 7.98. The Kier molecular flexibility index (Phi) is 6.82. The van der Waals surface area contributed by atoms with Crippen molar-refractivity contribution in [3.05, 3.63) is 60.2 Å². The number of morpholine rings is 1. The second kappa shape index (κ2) is 9.97. The number of aromatic nitrogens is 3.